The zero-order chi connectivity index (χ0) is 28.5. The van der Waals surface area contributed by atoms with E-state index in [1.807, 2.05) is 0 Å². The van der Waals surface area contributed by atoms with Crippen LogP contribution in [0.3, 0.4) is 0 Å². The van der Waals surface area contributed by atoms with E-state index in [1.165, 1.54) is 24.3 Å². The second kappa shape index (κ2) is 11.2. The zero-order valence-electron chi connectivity index (χ0n) is 21.4. The minimum atomic E-state index is -3.86. The van der Waals surface area contributed by atoms with Crippen molar-refractivity contribution in [2.75, 3.05) is 50.9 Å². The first-order chi connectivity index (χ1) is 19.1. The van der Waals surface area contributed by atoms with Crippen molar-refractivity contribution in [2.45, 2.75) is 29.6 Å². The summed E-state index contributed by atoms with van der Waals surface area (Å²) in [5.74, 6) is -0.430. The first-order valence-electron chi connectivity index (χ1n) is 12.5. The van der Waals surface area contributed by atoms with Crippen LogP contribution in [0.15, 0.2) is 41.1 Å². The number of likely N-dealkylation sites (tertiary alicyclic amines) is 1. The summed E-state index contributed by atoms with van der Waals surface area (Å²) in [6, 6.07) is 5.93. The number of ether oxygens (including phenoxy) is 2. The van der Waals surface area contributed by atoms with Gasteiger partial charge in [-0.15, -0.1) is 0 Å². The second-order valence-corrected chi connectivity index (χ2v) is 11.8. The maximum absolute atomic E-state index is 13.2. The number of aromatic nitrogens is 2. The summed E-state index contributed by atoms with van der Waals surface area (Å²) in [6.45, 7) is 2.23. The molecule has 1 aromatic carbocycles. The molecule has 1 aromatic heterocycles. The van der Waals surface area contributed by atoms with Crippen LogP contribution in [0.25, 0.3) is 0 Å². The van der Waals surface area contributed by atoms with Gasteiger partial charge in [0.1, 0.15) is 5.82 Å². The average Bonchev–Trinajstić information content (AvgIpc) is 3.60. The van der Waals surface area contributed by atoms with E-state index in [-0.39, 0.29) is 50.9 Å². The molecule has 0 bridgehead atoms. The normalized spacial score (nSPS) is 20.0. The van der Waals surface area contributed by atoms with Crippen molar-refractivity contribution in [1.82, 2.24) is 30.2 Å². The number of rotatable bonds is 7. The van der Waals surface area contributed by atoms with Gasteiger partial charge in [0, 0.05) is 31.3 Å². The van der Waals surface area contributed by atoms with Gasteiger partial charge in [-0.05, 0) is 31.0 Å². The summed E-state index contributed by atoms with van der Waals surface area (Å²) in [5.41, 5.74) is 11.2. The standard InChI is InChI=1S/C24H29ClN8O6S/c25-20-22(27)31-21(26)19(30-20)16(34)11-17-28-13-24(32-17)4-6-33(7-5-24)23(35)14-2-1-3-15(10-14)40(36,37)29-12-18-38-8-9-39-18/h1-3,10-11,18,28-29,32H,4-9,12-13H2,(H4,26,27,31)/b17-11+. The van der Waals surface area contributed by atoms with Gasteiger partial charge in [0.05, 0.1) is 30.2 Å². The molecule has 7 N–H and O–H groups in total. The Morgan fingerprint density at radius 3 is 2.62 bits per heavy atom. The number of carbonyl (C=O) groups excluding carboxylic acids is 2. The monoisotopic (exact) mass is 592 g/mol. The molecule has 14 nitrogen and oxygen atoms in total. The van der Waals surface area contributed by atoms with Gasteiger partial charge in [0.15, 0.2) is 28.8 Å². The maximum atomic E-state index is 13.2. The fourth-order valence-electron chi connectivity index (χ4n) is 4.75. The molecule has 2 aromatic rings. The van der Waals surface area contributed by atoms with Crippen LogP contribution in [-0.4, -0.2) is 86.2 Å². The largest absolute Gasteiger partial charge is 0.382 e. The Hall–Kier alpha value is -3.50. The third-order valence-electron chi connectivity index (χ3n) is 6.96. The van der Waals surface area contributed by atoms with Gasteiger partial charge in [0.25, 0.3) is 5.91 Å². The first kappa shape index (κ1) is 28.0. The highest BCUT2D eigenvalue weighted by molar-refractivity contribution is 7.89. The number of amides is 1. The molecular formula is C24H29ClN8O6S. The van der Waals surface area contributed by atoms with Crippen molar-refractivity contribution >= 4 is 45.0 Å². The van der Waals surface area contributed by atoms with E-state index in [9.17, 15) is 18.0 Å². The number of carbonyl (C=O) groups is 2. The molecular weight excluding hydrogens is 564 g/mol. The molecule has 1 spiro atoms. The Bertz CT molecular complexity index is 1460. The van der Waals surface area contributed by atoms with E-state index in [1.54, 1.807) is 11.0 Å². The number of nitrogen functional groups attached to an aromatic ring is 2. The number of anilines is 2. The molecule has 3 saturated heterocycles. The second-order valence-electron chi connectivity index (χ2n) is 9.66. The number of sulfonamides is 1. The number of allylic oxidation sites excluding steroid dienone is 1. The third kappa shape index (κ3) is 5.97. The summed E-state index contributed by atoms with van der Waals surface area (Å²) in [7, 11) is -3.86. The van der Waals surface area contributed by atoms with Gasteiger partial charge in [-0.3, -0.25) is 9.59 Å². The Labute approximate surface area is 235 Å². The fourth-order valence-corrected chi connectivity index (χ4v) is 5.94. The highest BCUT2D eigenvalue weighted by Gasteiger charge is 2.40. The van der Waals surface area contributed by atoms with Gasteiger partial charge >= 0.3 is 0 Å². The van der Waals surface area contributed by atoms with Crippen molar-refractivity contribution in [3.05, 3.63) is 52.6 Å². The number of benzene rings is 1. The molecule has 1 amide bonds. The van der Waals surface area contributed by atoms with Crippen LogP contribution < -0.4 is 26.8 Å². The summed E-state index contributed by atoms with van der Waals surface area (Å²) in [4.78, 5) is 35.4. The summed E-state index contributed by atoms with van der Waals surface area (Å²) >= 11 is 5.88. The lowest BCUT2D eigenvalue weighted by Crippen LogP contribution is -2.53. The molecule has 3 fully saturated rings. The number of ketones is 1. The molecule has 40 heavy (non-hydrogen) atoms. The predicted molar refractivity (Wildman–Crippen MR) is 145 cm³/mol. The van der Waals surface area contributed by atoms with Gasteiger partial charge in [-0.2, -0.15) is 0 Å². The van der Waals surface area contributed by atoms with Crippen molar-refractivity contribution in [2.24, 2.45) is 0 Å². The quantitative estimate of drug-likeness (QED) is 0.210. The summed E-state index contributed by atoms with van der Waals surface area (Å²) < 4.78 is 38.5. The van der Waals surface area contributed by atoms with Crippen molar-refractivity contribution in [3.63, 3.8) is 0 Å². The van der Waals surface area contributed by atoms with E-state index in [0.29, 0.717) is 51.5 Å². The van der Waals surface area contributed by atoms with Crippen LogP contribution in [0.2, 0.25) is 5.15 Å². The number of hydrogen-bond acceptors (Lipinski definition) is 12. The SMILES string of the molecule is Nc1nc(N)c(C(=O)/C=C2\NCC3(CCN(C(=O)c4cccc(S(=O)(=O)NCC5OCCO5)c4)CC3)N2)nc1Cl. The molecule has 4 heterocycles. The number of halogens is 1. The molecule has 0 saturated carbocycles. The topological polar surface area (TPSA) is 204 Å². The molecule has 0 atom stereocenters. The Morgan fingerprint density at radius 2 is 1.90 bits per heavy atom. The molecule has 3 aliphatic heterocycles. The van der Waals surface area contributed by atoms with Crippen molar-refractivity contribution in [3.8, 4) is 0 Å². The zero-order valence-corrected chi connectivity index (χ0v) is 22.9. The van der Waals surface area contributed by atoms with E-state index in [0.717, 1.165) is 0 Å². The lowest BCUT2D eigenvalue weighted by Gasteiger charge is -2.39. The summed E-state index contributed by atoms with van der Waals surface area (Å²) in [5, 5.41) is 6.43. The number of piperidine rings is 1. The lowest BCUT2D eigenvalue weighted by atomic mass is 9.88. The molecule has 5 rings (SSSR count). The highest BCUT2D eigenvalue weighted by Crippen LogP contribution is 2.28. The van der Waals surface area contributed by atoms with E-state index >= 15 is 0 Å². The molecule has 0 unspecified atom stereocenters. The van der Waals surface area contributed by atoms with Gasteiger partial charge in [0.2, 0.25) is 15.8 Å². The van der Waals surface area contributed by atoms with Crippen LogP contribution >= 0.6 is 11.6 Å². The number of hydrogen-bond donors (Lipinski definition) is 5. The van der Waals surface area contributed by atoms with Gasteiger partial charge in [-0.1, -0.05) is 17.7 Å². The lowest BCUT2D eigenvalue weighted by molar-refractivity contribution is -0.0355. The van der Waals surface area contributed by atoms with Crippen LogP contribution in [0.1, 0.15) is 33.7 Å². The molecule has 214 valence electrons. The molecule has 0 aliphatic carbocycles. The Morgan fingerprint density at radius 1 is 1.18 bits per heavy atom. The predicted octanol–water partition coefficient (Wildman–Crippen LogP) is -0.162. The summed E-state index contributed by atoms with van der Waals surface area (Å²) in [6.07, 6.45) is 1.92. The number of nitrogens with zero attached hydrogens (tertiary/aromatic N) is 3. The smallest absolute Gasteiger partial charge is 0.253 e. The number of nitrogens with one attached hydrogen (secondary N) is 3. The Balaban J connectivity index is 1.19. The van der Waals surface area contributed by atoms with Crippen LogP contribution in [0.4, 0.5) is 11.6 Å². The molecule has 0 radical (unpaired) electrons. The van der Waals surface area contributed by atoms with E-state index in [2.05, 4.69) is 25.3 Å². The minimum absolute atomic E-state index is 0.0151. The van der Waals surface area contributed by atoms with Crippen LogP contribution in [0.5, 0.6) is 0 Å². The van der Waals surface area contributed by atoms with E-state index < -0.39 is 22.1 Å². The minimum Gasteiger partial charge on any atom is -0.382 e. The highest BCUT2D eigenvalue weighted by atomic mass is 35.5. The van der Waals surface area contributed by atoms with Gasteiger partial charge < -0.3 is 36.5 Å². The number of nitrogens with two attached hydrogens (primary N) is 2. The van der Waals surface area contributed by atoms with Gasteiger partial charge in [-0.25, -0.2) is 23.1 Å². The maximum Gasteiger partial charge on any atom is 0.253 e. The fraction of sp³-hybridized carbons (Fsp3) is 0.417. The van der Waals surface area contributed by atoms with Crippen LogP contribution in [-0.2, 0) is 19.5 Å². The van der Waals surface area contributed by atoms with Crippen molar-refractivity contribution < 1.29 is 27.5 Å². The van der Waals surface area contributed by atoms with Crippen molar-refractivity contribution in [1.29, 1.82) is 0 Å². The Kier molecular flexibility index (Phi) is 7.83. The average molecular weight is 593 g/mol. The van der Waals surface area contributed by atoms with E-state index in [4.69, 9.17) is 32.5 Å². The third-order valence-corrected chi connectivity index (χ3v) is 8.66. The molecule has 16 heteroatoms. The first-order valence-corrected chi connectivity index (χ1v) is 14.4. The van der Waals surface area contributed by atoms with Crippen LogP contribution in [0, 0.1) is 0 Å². The molecule has 3 aliphatic rings.